The maximum absolute atomic E-state index is 12.5. The molecule has 0 aliphatic carbocycles. The summed E-state index contributed by atoms with van der Waals surface area (Å²) in [5, 5.41) is 0.271. The summed E-state index contributed by atoms with van der Waals surface area (Å²) in [6.45, 7) is 1.11. The number of rotatable bonds is 3. The number of nitrogen functional groups attached to an aromatic ring is 1. The zero-order valence-corrected chi connectivity index (χ0v) is 13.7. The molecule has 8 heteroatoms. The van der Waals surface area contributed by atoms with Crippen molar-refractivity contribution in [3.8, 4) is 0 Å². The van der Waals surface area contributed by atoms with Gasteiger partial charge in [-0.1, -0.05) is 23.2 Å². The molecule has 2 N–H and O–H groups in total. The molecule has 2 rings (SSSR count). The highest BCUT2D eigenvalue weighted by molar-refractivity contribution is 6.41. The van der Waals surface area contributed by atoms with Crippen molar-refractivity contribution >= 4 is 40.9 Å². The standard InChI is InChI=1S/C14H17Cl2N3O3/c1-22-11(20)6-8-2-4-19(5-3-8)14(21)9-7-10(15)12(16)18-13(9)17/h7-8H,2-6H2,1H3,(H2,17,18). The Morgan fingerprint density at radius 1 is 1.41 bits per heavy atom. The van der Waals surface area contributed by atoms with E-state index in [1.807, 2.05) is 0 Å². The molecule has 22 heavy (non-hydrogen) atoms. The van der Waals surface area contributed by atoms with Crippen LogP contribution < -0.4 is 5.73 Å². The Bertz CT molecular complexity index is 587. The number of ether oxygens (including phenoxy) is 1. The van der Waals surface area contributed by atoms with E-state index in [2.05, 4.69) is 9.72 Å². The first-order chi connectivity index (χ1) is 10.4. The quantitative estimate of drug-likeness (QED) is 0.671. The maximum Gasteiger partial charge on any atom is 0.305 e. The Morgan fingerprint density at radius 3 is 2.64 bits per heavy atom. The molecule has 2 heterocycles. The highest BCUT2D eigenvalue weighted by Gasteiger charge is 2.27. The van der Waals surface area contributed by atoms with Crippen molar-refractivity contribution in [2.75, 3.05) is 25.9 Å². The number of pyridine rings is 1. The number of carbonyl (C=O) groups excluding carboxylic acids is 2. The number of piperidine rings is 1. The SMILES string of the molecule is COC(=O)CC1CCN(C(=O)c2cc(Cl)c(Cl)nc2N)CC1. The molecule has 0 spiro atoms. The summed E-state index contributed by atoms with van der Waals surface area (Å²) in [6.07, 6.45) is 1.87. The maximum atomic E-state index is 12.5. The van der Waals surface area contributed by atoms with E-state index in [1.165, 1.54) is 13.2 Å². The van der Waals surface area contributed by atoms with Gasteiger partial charge in [0.25, 0.3) is 5.91 Å². The molecular formula is C14H17Cl2N3O3. The molecule has 0 bridgehead atoms. The lowest BCUT2D eigenvalue weighted by Crippen LogP contribution is -2.39. The van der Waals surface area contributed by atoms with E-state index in [0.29, 0.717) is 19.5 Å². The molecule has 1 aliphatic rings. The Morgan fingerprint density at radius 2 is 2.05 bits per heavy atom. The zero-order chi connectivity index (χ0) is 16.3. The number of hydrogen-bond acceptors (Lipinski definition) is 5. The molecule has 0 saturated carbocycles. The molecule has 0 aromatic carbocycles. The van der Waals surface area contributed by atoms with E-state index in [-0.39, 0.29) is 39.4 Å². The van der Waals surface area contributed by atoms with E-state index in [1.54, 1.807) is 4.90 Å². The largest absolute Gasteiger partial charge is 0.469 e. The number of hydrogen-bond donors (Lipinski definition) is 1. The molecule has 1 aliphatic heterocycles. The van der Waals surface area contributed by atoms with Crippen molar-refractivity contribution in [1.29, 1.82) is 0 Å². The van der Waals surface area contributed by atoms with E-state index >= 15 is 0 Å². The Balaban J connectivity index is 2.01. The van der Waals surface area contributed by atoms with Gasteiger partial charge in [-0.05, 0) is 24.8 Å². The van der Waals surface area contributed by atoms with Crippen molar-refractivity contribution in [2.45, 2.75) is 19.3 Å². The third-order valence-corrected chi connectivity index (χ3v) is 4.45. The van der Waals surface area contributed by atoms with Crippen LogP contribution in [0.4, 0.5) is 5.82 Å². The molecule has 6 nitrogen and oxygen atoms in total. The monoisotopic (exact) mass is 345 g/mol. The van der Waals surface area contributed by atoms with Crippen LogP contribution >= 0.6 is 23.2 Å². The van der Waals surface area contributed by atoms with Crippen LogP contribution in [0.2, 0.25) is 10.2 Å². The molecule has 1 amide bonds. The number of nitrogens with zero attached hydrogens (tertiary/aromatic N) is 2. The van der Waals surface area contributed by atoms with Crippen LogP contribution in [0.5, 0.6) is 0 Å². The summed E-state index contributed by atoms with van der Waals surface area (Å²) in [5.74, 6) is -0.139. The first-order valence-electron chi connectivity index (χ1n) is 6.90. The van der Waals surface area contributed by atoms with Crippen LogP contribution in [-0.2, 0) is 9.53 Å². The predicted octanol–water partition coefficient (Wildman–Crippen LogP) is 2.39. The Kier molecular flexibility index (Phi) is 5.47. The third kappa shape index (κ3) is 3.81. The van der Waals surface area contributed by atoms with Gasteiger partial charge in [-0.15, -0.1) is 0 Å². The number of esters is 1. The molecule has 1 aromatic heterocycles. The van der Waals surface area contributed by atoms with Crippen molar-refractivity contribution in [3.05, 3.63) is 21.8 Å². The van der Waals surface area contributed by atoms with Gasteiger partial charge in [-0.25, -0.2) is 4.98 Å². The normalized spacial score (nSPS) is 15.7. The van der Waals surface area contributed by atoms with Crippen LogP contribution in [0.3, 0.4) is 0 Å². The number of halogens is 2. The fourth-order valence-corrected chi connectivity index (χ4v) is 2.78. The second-order valence-corrected chi connectivity index (χ2v) is 5.97. The van der Waals surface area contributed by atoms with Crippen molar-refractivity contribution < 1.29 is 14.3 Å². The van der Waals surface area contributed by atoms with Crippen molar-refractivity contribution in [3.63, 3.8) is 0 Å². The third-order valence-electron chi connectivity index (χ3n) is 3.78. The van der Waals surface area contributed by atoms with Crippen LogP contribution in [0.25, 0.3) is 0 Å². The molecule has 1 fully saturated rings. The molecule has 1 saturated heterocycles. The average molecular weight is 346 g/mol. The minimum atomic E-state index is -0.222. The van der Waals surface area contributed by atoms with E-state index < -0.39 is 0 Å². The summed E-state index contributed by atoms with van der Waals surface area (Å²) in [6, 6.07) is 1.44. The molecule has 0 unspecified atom stereocenters. The zero-order valence-electron chi connectivity index (χ0n) is 12.1. The molecular weight excluding hydrogens is 329 g/mol. The first-order valence-corrected chi connectivity index (χ1v) is 7.65. The summed E-state index contributed by atoms with van der Waals surface area (Å²) in [5.41, 5.74) is 6.00. The molecule has 120 valence electrons. The topological polar surface area (TPSA) is 85.5 Å². The van der Waals surface area contributed by atoms with Crippen LogP contribution in [0.1, 0.15) is 29.6 Å². The van der Waals surface area contributed by atoms with Gasteiger partial charge in [0.2, 0.25) is 0 Å². The van der Waals surface area contributed by atoms with Gasteiger partial charge in [0, 0.05) is 19.5 Å². The fraction of sp³-hybridized carbons (Fsp3) is 0.500. The van der Waals surface area contributed by atoms with Gasteiger partial charge in [-0.2, -0.15) is 0 Å². The Hall–Kier alpha value is -1.53. The number of methoxy groups -OCH3 is 1. The van der Waals surface area contributed by atoms with Gasteiger partial charge in [0.15, 0.2) is 0 Å². The summed E-state index contributed by atoms with van der Waals surface area (Å²) >= 11 is 11.7. The second kappa shape index (κ2) is 7.15. The van der Waals surface area contributed by atoms with E-state index in [0.717, 1.165) is 12.8 Å². The van der Waals surface area contributed by atoms with Gasteiger partial charge in [0.1, 0.15) is 11.0 Å². The fourth-order valence-electron chi connectivity index (χ4n) is 2.48. The number of aromatic nitrogens is 1. The number of amides is 1. The summed E-state index contributed by atoms with van der Waals surface area (Å²) < 4.78 is 4.67. The van der Waals surface area contributed by atoms with Crippen LogP contribution in [0.15, 0.2) is 6.07 Å². The highest BCUT2D eigenvalue weighted by atomic mass is 35.5. The van der Waals surface area contributed by atoms with Gasteiger partial charge < -0.3 is 15.4 Å². The molecule has 1 aromatic rings. The molecule has 0 radical (unpaired) electrons. The number of likely N-dealkylation sites (tertiary alicyclic amines) is 1. The predicted molar refractivity (Wildman–Crippen MR) is 83.9 cm³/mol. The summed E-state index contributed by atoms with van der Waals surface area (Å²) in [4.78, 5) is 29.3. The van der Waals surface area contributed by atoms with Gasteiger partial charge >= 0.3 is 5.97 Å². The minimum Gasteiger partial charge on any atom is -0.469 e. The number of anilines is 1. The first kappa shape index (κ1) is 16.8. The lowest BCUT2D eigenvalue weighted by Gasteiger charge is -2.31. The lowest BCUT2D eigenvalue weighted by molar-refractivity contribution is -0.142. The highest BCUT2D eigenvalue weighted by Crippen LogP contribution is 2.27. The number of carbonyl (C=O) groups is 2. The smallest absolute Gasteiger partial charge is 0.305 e. The molecule has 0 atom stereocenters. The Labute approximate surface area is 138 Å². The number of nitrogens with two attached hydrogens (primary N) is 1. The van der Waals surface area contributed by atoms with E-state index in [9.17, 15) is 9.59 Å². The van der Waals surface area contributed by atoms with Crippen molar-refractivity contribution in [2.24, 2.45) is 5.92 Å². The van der Waals surface area contributed by atoms with Crippen molar-refractivity contribution in [1.82, 2.24) is 9.88 Å². The van der Waals surface area contributed by atoms with Crippen LogP contribution in [-0.4, -0.2) is 42.0 Å². The van der Waals surface area contributed by atoms with Gasteiger partial charge in [0.05, 0.1) is 17.7 Å². The van der Waals surface area contributed by atoms with Gasteiger partial charge in [-0.3, -0.25) is 9.59 Å². The van der Waals surface area contributed by atoms with E-state index in [4.69, 9.17) is 28.9 Å². The summed E-state index contributed by atoms with van der Waals surface area (Å²) in [7, 11) is 1.38. The van der Waals surface area contributed by atoms with Crippen LogP contribution in [0, 0.1) is 5.92 Å². The minimum absolute atomic E-state index is 0.0658. The second-order valence-electron chi connectivity index (χ2n) is 5.21. The average Bonchev–Trinajstić information content (AvgIpc) is 2.51. The lowest BCUT2D eigenvalue weighted by atomic mass is 9.93.